The van der Waals surface area contributed by atoms with Crippen LogP contribution in [0.1, 0.15) is 11.1 Å². The van der Waals surface area contributed by atoms with Gasteiger partial charge in [0.2, 0.25) is 10.0 Å². The highest BCUT2D eigenvalue weighted by atomic mass is 35.5. The first-order valence-electron chi connectivity index (χ1n) is 7.13. The predicted molar refractivity (Wildman–Crippen MR) is 102 cm³/mol. The standard InChI is InChI=1S/C16H14Cl3NO5S/c1-26(23,24)20-12-3-10(2-11(17)7-12)8-25-16-13(18)4-9(5-14(16)19)6-15(21)22/h2-5,7,20H,6,8H2,1H3,(H,21,22). The van der Waals surface area contributed by atoms with Gasteiger partial charge in [-0.05, 0) is 41.5 Å². The summed E-state index contributed by atoms with van der Waals surface area (Å²) in [4.78, 5) is 10.8. The van der Waals surface area contributed by atoms with Crippen molar-refractivity contribution in [1.82, 2.24) is 0 Å². The first-order chi connectivity index (χ1) is 12.0. The minimum absolute atomic E-state index is 0.0245. The summed E-state index contributed by atoms with van der Waals surface area (Å²) < 4.78 is 30.6. The molecule has 0 saturated carbocycles. The van der Waals surface area contributed by atoms with Crippen LogP contribution in [0.5, 0.6) is 5.75 Å². The Hall–Kier alpha value is -1.67. The van der Waals surface area contributed by atoms with Gasteiger partial charge in [0.05, 0.1) is 28.4 Å². The van der Waals surface area contributed by atoms with Gasteiger partial charge in [0.1, 0.15) is 6.61 Å². The van der Waals surface area contributed by atoms with Gasteiger partial charge in [-0.2, -0.15) is 0 Å². The van der Waals surface area contributed by atoms with Crippen LogP contribution >= 0.6 is 34.8 Å². The molecule has 0 atom stereocenters. The summed E-state index contributed by atoms with van der Waals surface area (Å²) in [6.07, 6.45) is 0.816. The van der Waals surface area contributed by atoms with E-state index in [2.05, 4.69) is 4.72 Å². The van der Waals surface area contributed by atoms with Crippen molar-refractivity contribution in [2.24, 2.45) is 0 Å². The van der Waals surface area contributed by atoms with E-state index in [1.54, 1.807) is 12.1 Å². The zero-order valence-electron chi connectivity index (χ0n) is 13.4. The van der Waals surface area contributed by atoms with E-state index in [-0.39, 0.29) is 28.8 Å². The topological polar surface area (TPSA) is 92.7 Å². The van der Waals surface area contributed by atoms with Crippen LogP contribution in [0.4, 0.5) is 5.69 Å². The number of rotatable bonds is 7. The Morgan fingerprint density at radius 2 is 1.69 bits per heavy atom. The molecule has 0 saturated heterocycles. The van der Waals surface area contributed by atoms with Gasteiger partial charge in [0, 0.05) is 5.02 Å². The summed E-state index contributed by atoms with van der Waals surface area (Å²) in [5, 5.41) is 9.49. The lowest BCUT2D eigenvalue weighted by molar-refractivity contribution is -0.136. The molecule has 2 N–H and O–H groups in total. The van der Waals surface area contributed by atoms with Gasteiger partial charge in [-0.3, -0.25) is 9.52 Å². The molecule has 0 heterocycles. The highest BCUT2D eigenvalue weighted by molar-refractivity contribution is 7.92. The number of hydrogen-bond acceptors (Lipinski definition) is 4. The Bertz CT molecular complexity index is 924. The number of hydrogen-bond donors (Lipinski definition) is 2. The SMILES string of the molecule is CS(=O)(=O)Nc1cc(Cl)cc(COc2c(Cl)cc(CC(=O)O)cc2Cl)c1. The average molecular weight is 439 g/mol. The van der Waals surface area contributed by atoms with Crippen molar-refractivity contribution in [3.63, 3.8) is 0 Å². The fourth-order valence-corrected chi connectivity index (χ4v) is 3.63. The summed E-state index contributed by atoms with van der Waals surface area (Å²) in [5.74, 6) is -0.810. The molecule has 0 spiro atoms. The fourth-order valence-electron chi connectivity index (χ4n) is 2.19. The van der Waals surface area contributed by atoms with E-state index in [0.29, 0.717) is 21.8 Å². The van der Waals surface area contributed by atoms with Crippen molar-refractivity contribution in [1.29, 1.82) is 0 Å². The Labute approximate surface area is 165 Å². The Morgan fingerprint density at radius 1 is 1.08 bits per heavy atom. The van der Waals surface area contributed by atoms with Crippen LogP contribution < -0.4 is 9.46 Å². The van der Waals surface area contributed by atoms with Gasteiger partial charge in [-0.1, -0.05) is 34.8 Å². The first-order valence-corrected chi connectivity index (χ1v) is 10.2. The van der Waals surface area contributed by atoms with E-state index in [9.17, 15) is 13.2 Å². The molecule has 2 rings (SSSR count). The van der Waals surface area contributed by atoms with Crippen LogP contribution in [0.2, 0.25) is 15.1 Å². The van der Waals surface area contributed by atoms with E-state index < -0.39 is 16.0 Å². The summed E-state index contributed by atoms with van der Waals surface area (Å²) >= 11 is 18.2. The molecule has 0 amide bonds. The third kappa shape index (κ3) is 6.25. The maximum atomic E-state index is 11.3. The summed E-state index contributed by atoms with van der Waals surface area (Å²) in [7, 11) is -3.45. The van der Waals surface area contributed by atoms with Crippen molar-refractivity contribution in [2.75, 3.05) is 11.0 Å². The van der Waals surface area contributed by atoms with Crippen LogP contribution in [0.3, 0.4) is 0 Å². The molecule has 0 bridgehead atoms. The second kappa shape index (κ2) is 8.35. The number of carboxylic acid groups (broad SMARTS) is 1. The summed E-state index contributed by atoms with van der Waals surface area (Å²) in [5.41, 5.74) is 1.33. The molecule has 26 heavy (non-hydrogen) atoms. The first kappa shape index (κ1) is 20.6. The minimum Gasteiger partial charge on any atom is -0.486 e. The molecule has 6 nitrogen and oxygen atoms in total. The van der Waals surface area contributed by atoms with Crippen molar-refractivity contribution in [3.05, 3.63) is 56.5 Å². The average Bonchev–Trinajstić information content (AvgIpc) is 2.42. The molecule has 0 unspecified atom stereocenters. The van der Waals surface area contributed by atoms with Crippen molar-refractivity contribution >= 4 is 56.5 Å². The van der Waals surface area contributed by atoms with Gasteiger partial charge in [-0.25, -0.2) is 8.42 Å². The molecule has 2 aromatic rings. The van der Waals surface area contributed by atoms with E-state index in [4.69, 9.17) is 44.6 Å². The lowest BCUT2D eigenvalue weighted by Crippen LogP contribution is -2.10. The van der Waals surface area contributed by atoms with Crippen molar-refractivity contribution in [3.8, 4) is 5.75 Å². The summed E-state index contributed by atoms with van der Waals surface area (Å²) in [6.45, 7) is 0.0245. The number of aliphatic carboxylic acids is 1. The second-order valence-electron chi connectivity index (χ2n) is 5.47. The number of benzene rings is 2. The van der Waals surface area contributed by atoms with Crippen LogP contribution in [0.15, 0.2) is 30.3 Å². The maximum Gasteiger partial charge on any atom is 0.307 e. The number of ether oxygens (including phenoxy) is 1. The zero-order chi connectivity index (χ0) is 19.5. The summed E-state index contributed by atoms with van der Waals surface area (Å²) in [6, 6.07) is 7.56. The van der Waals surface area contributed by atoms with E-state index in [1.807, 2.05) is 0 Å². The van der Waals surface area contributed by atoms with Crippen LogP contribution in [-0.4, -0.2) is 25.7 Å². The van der Waals surface area contributed by atoms with Gasteiger partial charge >= 0.3 is 5.97 Å². The lowest BCUT2D eigenvalue weighted by atomic mass is 10.1. The minimum atomic E-state index is -3.45. The van der Waals surface area contributed by atoms with Gasteiger partial charge in [-0.15, -0.1) is 0 Å². The van der Waals surface area contributed by atoms with Crippen molar-refractivity contribution < 1.29 is 23.1 Å². The molecule has 0 radical (unpaired) electrons. The smallest absolute Gasteiger partial charge is 0.307 e. The number of halogens is 3. The largest absolute Gasteiger partial charge is 0.486 e. The normalized spacial score (nSPS) is 11.2. The van der Waals surface area contributed by atoms with Crippen LogP contribution in [-0.2, 0) is 27.8 Å². The quantitative estimate of drug-likeness (QED) is 0.675. The molecule has 140 valence electrons. The van der Waals surface area contributed by atoms with Gasteiger partial charge < -0.3 is 9.84 Å². The van der Waals surface area contributed by atoms with E-state index in [1.165, 1.54) is 18.2 Å². The highest BCUT2D eigenvalue weighted by Gasteiger charge is 2.13. The molecular weight excluding hydrogens is 425 g/mol. The Morgan fingerprint density at radius 3 is 2.23 bits per heavy atom. The molecule has 2 aromatic carbocycles. The molecule has 0 aliphatic carbocycles. The highest BCUT2D eigenvalue weighted by Crippen LogP contribution is 2.35. The third-order valence-corrected chi connectivity index (χ3v) is 4.44. The van der Waals surface area contributed by atoms with Gasteiger partial charge in [0.25, 0.3) is 0 Å². The Kier molecular flexibility index (Phi) is 6.63. The number of nitrogens with one attached hydrogen (secondary N) is 1. The van der Waals surface area contributed by atoms with E-state index in [0.717, 1.165) is 6.26 Å². The molecule has 0 fully saturated rings. The number of carbonyl (C=O) groups is 1. The van der Waals surface area contributed by atoms with Crippen molar-refractivity contribution in [2.45, 2.75) is 13.0 Å². The molecule has 0 aliphatic heterocycles. The van der Waals surface area contributed by atoms with Crippen LogP contribution in [0, 0.1) is 0 Å². The zero-order valence-corrected chi connectivity index (χ0v) is 16.5. The van der Waals surface area contributed by atoms with E-state index >= 15 is 0 Å². The second-order valence-corrected chi connectivity index (χ2v) is 8.47. The lowest BCUT2D eigenvalue weighted by Gasteiger charge is -2.13. The molecule has 0 aliphatic rings. The van der Waals surface area contributed by atoms with Crippen LogP contribution in [0.25, 0.3) is 0 Å². The monoisotopic (exact) mass is 437 g/mol. The molecule has 0 aromatic heterocycles. The maximum absolute atomic E-state index is 11.3. The predicted octanol–water partition coefficient (Wildman–Crippen LogP) is 4.22. The number of sulfonamides is 1. The third-order valence-electron chi connectivity index (χ3n) is 3.06. The fraction of sp³-hybridized carbons (Fsp3) is 0.188. The number of carboxylic acids is 1. The Balaban J connectivity index is 2.20. The number of anilines is 1. The molecular formula is C16H14Cl3NO5S. The molecule has 10 heteroatoms. The van der Waals surface area contributed by atoms with Gasteiger partial charge in [0.15, 0.2) is 5.75 Å².